The summed E-state index contributed by atoms with van der Waals surface area (Å²) in [5, 5.41) is 0. The maximum absolute atomic E-state index is 11.8. The molecule has 88 valence electrons. The number of rotatable bonds is 0. The maximum Gasteiger partial charge on any atom is 0.417 e. The van der Waals surface area contributed by atoms with Crippen LogP contribution < -0.4 is 0 Å². The first kappa shape index (κ1) is 11.2. The van der Waals surface area contributed by atoms with Crippen molar-refractivity contribution in [3.8, 4) is 0 Å². The van der Waals surface area contributed by atoms with Gasteiger partial charge in [-0.05, 0) is 33.6 Å². The molecule has 0 N–H and O–H groups in total. The Morgan fingerprint density at radius 2 is 2.00 bits per heavy atom. The lowest BCUT2D eigenvalue weighted by molar-refractivity contribution is -0.153. The minimum Gasteiger partial charge on any atom is -0.443 e. The molecule has 2 aliphatic rings. The molecule has 16 heavy (non-hydrogen) atoms. The lowest BCUT2D eigenvalue weighted by Gasteiger charge is -2.46. The predicted molar refractivity (Wildman–Crippen MR) is 58.7 cm³/mol. The Morgan fingerprint density at radius 3 is 2.62 bits per heavy atom. The Kier molecular flexibility index (Phi) is 2.52. The van der Waals surface area contributed by atoms with Crippen LogP contribution in [0, 0.1) is 5.92 Å². The van der Waals surface area contributed by atoms with E-state index in [-0.39, 0.29) is 17.9 Å². The summed E-state index contributed by atoms with van der Waals surface area (Å²) in [6, 6.07) is 0.0207. The number of likely N-dealkylation sites (tertiary alicyclic amines) is 1. The topological polar surface area (TPSA) is 46.6 Å². The summed E-state index contributed by atoms with van der Waals surface area (Å²) in [6.45, 7) is 5.40. The van der Waals surface area contributed by atoms with Gasteiger partial charge < -0.3 is 4.74 Å². The van der Waals surface area contributed by atoms with Crippen LogP contribution in [0.15, 0.2) is 12.2 Å². The number of β-lactam (4-membered cyclic amide) rings is 1. The Balaban J connectivity index is 2.03. The first-order valence-corrected chi connectivity index (χ1v) is 5.61. The number of carbonyl (C=O) groups excluding carboxylic acids is 2. The van der Waals surface area contributed by atoms with Crippen LogP contribution in [0.1, 0.15) is 33.6 Å². The smallest absolute Gasteiger partial charge is 0.417 e. The third-order valence-electron chi connectivity index (χ3n) is 2.88. The number of carbonyl (C=O) groups is 2. The van der Waals surface area contributed by atoms with Crippen LogP contribution in [0.4, 0.5) is 4.79 Å². The molecule has 0 aromatic heterocycles. The van der Waals surface area contributed by atoms with Crippen LogP contribution in [0.5, 0.6) is 0 Å². The molecule has 1 heterocycles. The summed E-state index contributed by atoms with van der Waals surface area (Å²) in [7, 11) is 0. The number of hydrogen-bond donors (Lipinski definition) is 0. The van der Waals surface area contributed by atoms with E-state index in [2.05, 4.69) is 0 Å². The largest absolute Gasteiger partial charge is 0.443 e. The number of allylic oxidation sites excluding steroid dienone is 1. The van der Waals surface area contributed by atoms with E-state index in [4.69, 9.17) is 4.74 Å². The van der Waals surface area contributed by atoms with Gasteiger partial charge in [0.15, 0.2) is 0 Å². The minimum atomic E-state index is -0.549. The normalized spacial score (nSPS) is 28.4. The fourth-order valence-electron chi connectivity index (χ4n) is 2.15. The van der Waals surface area contributed by atoms with Crippen molar-refractivity contribution in [1.29, 1.82) is 0 Å². The van der Waals surface area contributed by atoms with Crippen molar-refractivity contribution in [2.45, 2.75) is 45.3 Å². The third kappa shape index (κ3) is 1.84. The molecule has 2 rings (SSSR count). The molecular formula is C12H17NO3. The minimum absolute atomic E-state index is 0.00230. The van der Waals surface area contributed by atoms with E-state index in [1.807, 2.05) is 12.2 Å². The lowest BCUT2D eigenvalue weighted by atomic mass is 9.80. The molecule has 4 heteroatoms. The molecule has 0 aromatic rings. The number of ether oxygens (including phenoxy) is 1. The Labute approximate surface area is 95.2 Å². The molecule has 0 radical (unpaired) electrons. The second-order valence-corrected chi connectivity index (χ2v) is 5.31. The predicted octanol–water partition coefficient (Wildman–Crippen LogP) is 2.10. The highest BCUT2D eigenvalue weighted by molar-refractivity contribution is 5.99. The van der Waals surface area contributed by atoms with Gasteiger partial charge in [-0.1, -0.05) is 12.2 Å². The van der Waals surface area contributed by atoms with Crippen LogP contribution in [-0.4, -0.2) is 28.5 Å². The Morgan fingerprint density at radius 1 is 1.38 bits per heavy atom. The van der Waals surface area contributed by atoms with E-state index >= 15 is 0 Å². The third-order valence-corrected chi connectivity index (χ3v) is 2.88. The molecule has 1 fully saturated rings. The molecule has 4 nitrogen and oxygen atoms in total. The first-order chi connectivity index (χ1) is 7.40. The van der Waals surface area contributed by atoms with Crippen molar-refractivity contribution < 1.29 is 14.3 Å². The van der Waals surface area contributed by atoms with Gasteiger partial charge in [-0.15, -0.1) is 0 Å². The number of fused-ring (bicyclic) bond motifs is 1. The van der Waals surface area contributed by atoms with Crippen molar-refractivity contribution in [1.82, 2.24) is 4.90 Å². The van der Waals surface area contributed by atoms with Gasteiger partial charge in [-0.25, -0.2) is 9.69 Å². The highest BCUT2D eigenvalue weighted by Crippen LogP contribution is 2.36. The van der Waals surface area contributed by atoms with Crippen LogP contribution >= 0.6 is 0 Å². The van der Waals surface area contributed by atoms with E-state index in [9.17, 15) is 9.59 Å². The summed E-state index contributed by atoms with van der Waals surface area (Å²) in [5.41, 5.74) is -0.549. The van der Waals surface area contributed by atoms with Gasteiger partial charge in [-0.2, -0.15) is 0 Å². The van der Waals surface area contributed by atoms with Gasteiger partial charge in [0.1, 0.15) is 5.60 Å². The second kappa shape index (κ2) is 3.61. The van der Waals surface area contributed by atoms with Crippen molar-refractivity contribution >= 4 is 12.0 Å². The molecule has 0 aromatic carbocycles. The molecule has 0 spiro atoms. The fourth-order valence-corrected chi connectivity index (χ4v) is 2.15. The van der Waals surface area contributed by atoms with Gasteiger partial charge in [-0.3, -0.25) is 4.79 Å². The average molecular weight is 223 g/mol. The second-order valence-electron chi connectivity index (χ2n) is 5.31. The summed E-state index contributed by atoms with van der Waals surface area (Å²) in [6.07, 6.45) is 5.03. The van der Waals surface area contributed by atoms with Gasteiger partial charge >= 0.3 is 6.09 Å². The summed E-state index contributed by atoms with van der Waals surface area (Å²) in [4.78, 5) is 24.7. The summed E-state index contributed by atoms with van der Waals surface area (Å²) in [5.74, 6) is -0.0962. The monoisotopic (exact) mass is 223 g/mol. The molecule has 1 aliphatic carbocycles. The SMILES string of the molecule is CC(C)(C)OC(=O)N1C(=O)C2CC=CCC21. The standard InChI is InChI=1S/C12H17NO3/c1-12(2,3)16-11(15)13-9-7-5-4-6-8(9)10(13)14/h4-5,8-9H,6-7H2,1-3H3. The molecule has 2 atom stereocenters. The van der Waals surface area contributed by atoms with Crippen LogP contribution in [0.3, 0.4) is 0 Å². The van der Waals surface area contributed by atoms with Crippen LogP contribution in [0.2, 0.25) is 0 Å². The average Bonchev–Trinajstić information content (AvgIpc) is 2.14. The van der Waals surface area contributed by atoms with Gasteiger partial charge in [0.05, 0.1) is 12.0 Å². The Hall–Kier alpha value is -1.32. The highest BCUT2D eigenvalue weighted by Gasteiger charge is 2.51. The molecule has 1 aliphatic heterocycles. The first-order valence-electron chi connectivity index (χ1n) is 5.61. The van der Waals surface area contributed by atoms with Crippen molar-refractivity contribution in [2.24, 2.45) is 5.92 Å². The van der Waals surface area contributed by atoms with E-state index < -0.39 is 11.7 Å². The Bertz CT molecular complexity index is 354. The summed E-state index contributed by atoms with van der Waals surface area (Å²) < 4.78 is 5.20. The van der Waals surface area contributed by atoms with E-state index in [0.717, 1.165) is 12.8 Å². The molecule has 0 saturated carbocycles. The lowest BCUT2D eigenvalue weighted by Crippen LogP contribution is -2.64. The van der Waals surface area contributed by atoms with Crippen molar-refractivity contribution in [2.75, 3.05) is 0 Å². The maximum atomic E-state index is 11.8. The molecular weight excluding hydrogens is 206 g/mol. The van der Waals surface area contributed by atoms with Gasteiger partial charge in [0.2, 0.25) is 5.91 Å². The molecule has 2 unspecified atom stereocenters. The van der Waals surface area contributed by atoms with Gasteiger partial charge in [0.25, 0.3) is 0 Å². The number of hydrogen-bond acceptors (Lipinski definition) is 3. The van der Waals surface area contributed by atoms with E-state index in [1.54, 1.807) is 20.8 Å². The highest BCUT2D eigenvalue weighted by atomic mass is 16.6. The molecule has 2 amide bonds. The number of imide groups is 1. The van der Waals surface area contributed by atoms with E-state index in [0.29, 0.717) is 0 Å². The van der Waals surface area contributed by atoms with Crippen LogP contribution in [0.25, 0.3) is 0 Å². The van der Waals surface area contributed by atoms with E-state index in [1.165, 1.54) is 4.90 Å². The van der Waals surface area contributed by atoms with Crippen molar-refractivity contribution in [3.63, 3.8) is 0 Å². The molecule has 1 saturated heterocycles. The number of nitrogens with zero attached hydrogens (tertiary/aromatic N) is 1. The van der Waals surface area contributed by atoms with Crippen molar-refractivity contribution in [3.05, 3.63) is 12.2 Å². The zero-order valence-corrected chi connectivity index (χ0v) is 9.90. The fraction of sp³-hybridized carbons (Fsp3) is 0.667. The number of amides is 2. The molecule has 0 bridgehead atoms. The van der Waals surface area contributed by atoms with Gasteiger partial charge in [0, 0.05) is 0 Å². The quantitative estimate of drug-likeness (QED) is 0.466. The zero-order chi connectivity index (χ0) is 11.9. The zero-order valence-electron chi connectivity index (χ0n) is 9.90. The van der Waals surface area contributed by atoms with Crippen LogP contribution in [-0.2, 0) is 9.53 Å². The summed E-state index contributed by atoms with van der Waals surface area (Å²) >= 11 is 0.